The molecule has 0 N–H and O–H groups in total. The summed E-state index contributed by atoms with van der Waals surface area (Å²) in [7, 11) is 0. The maximum absolute atomic E-state index is 6.51. The van der Waals surface area contributed by atoms with Gasteiger partial charge in [0, 0.05) is 8.95 Å². The second kappa shape index (κ2) is 5.88. The van der Waals surface area contributed by atoms with Crippen molar-refractivity contribution >= 4 is 43.5 Å². The minimum absolute atomic E-state index is 0.134. The summed E-state index contributed by atoms with van der Waals surface area (Å²) in [5, 5.41) is 0.134. The van der Waals surface area contributed by atoms with E-state index >= 15 is 0 Å². The zero-order valence-corrected chi connectivity index (χ0v) is 13.0. The van der Waals surface area contributed by atoms with Crippen LogP contribution >= 0.6 is 43.5 Å². The molecule has 1 atom stereocenters. The van der Waals surface area contributed by atoms with Crippen LogP contribution in [0.3, 0.4) is 0 Å². The maximum atomic E-state index is 6.51. The summed E-state index contributed by atoms with van der Waals surface area (Å²) >= 11 is 13.6. The highest BCUT2D eigenvalue weighted by Gasteiger charge is 2.21. The summed E-state index contributed by atoms with van der Waals surface area (Å²) in [6, 6.07) is 6.22. The van der Waals surface area contributed by atoms with Gasteiger partial charge in [0.25, 0.3) is 0 Å². The van der Waals surface area contributed by atoms with Gasteiger partial charge in [0.1, 0.15) is 0 Å². The molecule has 0 aliphatic heterocycles. The summed E-state index contributed by atoms with van der Waals surface area (Å²) in [5.41, 5.74) is 1.21. The van der Waals surface area contributed by atoms with Gasteiger partial charge in [0.05, 0.1) is 5.38 Å². The molecule has 1 aromatic rings. The van der Waals surface area contributed by atoms with Crippen LogP contribution in [0.4, 0.5) is 0 Å². The Morgan fingerprint density at radius 1 is 1.25 bits per heavy atom. The van der Waals surface area contributed by atoms with E-state index in [9.17, 15) is 0 Å². The van der Waals surface area contributed by atoms with Gasteiger partial charge >= 0.3 is 0 Å². The van der Waals surface area contributed by atoms with Gasteiger partial charge in [-0.15, -0.1) is 11.6 Å². The topological polar surface area (TPSA) is 0 Å². The minimum atomic E-state index is 0.134. The maximum Gasteiger partial charge on any atom is 0.0599 e. The zero-order chi connectivity index (χ0) is 11.5. The van der Waals surface area contributed by atoms with Crippen molar-refractivity contribution in [2.24, 2.45) is 5.92 Å². The highest BCUT2D eigenvalue weighted by molar-refractivity contribution is 9.11. The molecular formula is C13H15Br2Cl. The first kappa shape index (κ1) is 12.9. The van der Waals surface area contributed by atoms with E-state index in [1.807, 2.05) is 6.07 Å². The predicted octanol–water partition coefficient (Wildman–Crippen LogP) is 6.07. The van der Waals surface area contributed by atoms with Crippen LogP contribution in [0.15, 0.2) is 27.1 Å². The fourth-order valence-electron chi connectivity index (χ4n) is 2.42. The molecule has 0 aromatic heterocycles. The van der Waals surface area contributed by atoms with E-state index in [1.165, 1.54) is 31.2 Å². The predicted molar refractivity (Wildman–Crippen MR) is 77.0 cm³/mol. The van der Waals surface area contributed by atoms with Crippen molar-refractivity contribution in [1.29, 1.82) is 0 Å². The van der Waals surface area contributed by atoms with Gasteiger partial charge in [-0.25, -0.2) is 0 Å². The quantitative estimate of drug-likeness (QED) is 0.569. The molecule has 0 heterocycles. The third-order valence-corrected chi connectivity index (χ3v) is 4.94. The van der Waals surface area contributed by atoms with Gasteiger partial charge in [-0.1, -0.05) is 57.5 Å². The molecule has 1 aliphatic carbocycles. The Labute approximate surface area is 119 Å². The average Bonchev–Trinajstić information content (AvgIpc) is 2.74. The number of hydrogen-bond acceptors (Lipinski definition) is 0. The van der Waals surface area contributed by atoms with Gasteiger partial charge in [-0.3, -0.25) is 0 Å². The van der Waals surface area contributed by atoms with Crippen LogP contribution in [-0.2, 0) is 0 Å². The molecule has 2 rings (SSSR count). The lowest BCUT2D eigenvalue weighted by Gasteiger charge is -2.16. The van der Waals surface area contributed by atoms with Crippen LogP contribution in [0.1, 0.15) is 43.0 Å². The Balaban J connectivity index is 2.07. The van der Waals surface area contributed by atoms with Crippen molar-refractivity contribution in [2.75, 3.05) is 0 Å². The fraction of sp³-hybridized carbons (Fsp3) is 0.538. The van der Waals surface area contributed by atoms with Gasteiger partial charge in [-0.2, -0.15) is 0 Å². The van der Waals surface area contributed by atoms with E-state index in [0.29, 0.717) is 0 Å². The van der Waals surface area contributed by atoms with Gasteiger partial charge in [-0.05, 0) is 36.1 Å². The Bertz CT molecular complexity index is 359. The van der Waals surface area contributed by atoms with Crippen LogP contribution in [0, 0.1) is 5.92 Å². The average molecular weight is 367 g/mol. The summed E-state index contributed by atoms with van der Waals surface area (Å²) in [6.45, 7) is 0. The van der Waals surface area contributed by atoms with Crippen molar-refractivity contribution in [3.63, 3.8) is 0 Å². The molecule has 0 bridgehead atoms. The number of rotatable bonds is 3. The van der Waals surface area contributed by atoms with Crippen LogP contribution in [-0.4, -0.2) is 0 Å². The highest BCUT2D eigenvalue weighted by atomic mass is 79.9. The second-order valence-corrected chi connectivity index (χ2v) is 6.82. The number of halogens is 3. The lowest BCUT2D eigenvalue weighted by atomic mass is 9.98. The molecule has 1 saturated carbocycles. The molecule has 3 heteroatoms. The third-order valence-electron chi connectivity index (χ3n) is 3.31. The molecule has 1 unspecified atom stereocenters. The minimum Gasteiger partial charge on any atom is -0.118 e. The molecule has 16 heavy (non-hydrogen) atoms. The van der Waals surface area contributed by atoms with Crippen molar-refractivity contribution < 1.29 is 0 Å². The first-order chi connectivity index (χ1) is 7.66. The van der Waals surface area contributed by atoms with Gasteiger partial charge in [0.2, 0.25) is 0 Å². The van der Waals surface area contributed by atoms with Crippen molar-refractivity contribution in [1.82, 2.24) is 0 Å². The Hall–Kier alpha value is 0.470. The standard InChI is InChI=1S/C13H15Br2Cl/c14-10-5-6-12(15)11(8-10)13(16)7-9-3-1-2-4-9/h5-6,8-9,13H,1-4,7H2. The molecule has 0 radical (unpaired) electrons. The Morgan fingerprint density at radius 3 is 2.62 bits per heavy atom. The summed E-state index contributed by atoms with van der Waals surface area (Å²) in [6.07, 6.45) is 6.59. The lowest BCUT2D eigenvalue weighted by Crippen LogP contribution is -2.00. The summed E-state index contributed by atoms with van der Waals surface area (Å²) < 4.78 is 2.22. The van der Waals surface area contributed by atoms with E-state index in [-0.39, 0.29) is 5.38 Å². The molecule has 0 nitrogen and oxygen atoms in total. The first-order valence-corrected chi connectivity index (χ1v) is 7.78. The highest BCUT2D eigenvalue weighted by Crippen LogP contribution is 2.39. The van der Waals surface area contributed by atoms with Crippen molar-refractivity contribution in [3.05, 3.63) is 32.7 Å². The van der Waals surface area contributed by atoms with E-state index < -0.39 is 0 Å². The van der Waals surface area contributed by atoms with Gasteiger partial charge in [0.15, 0.2) is 0 Å². The molecule has 88 valence electrons. The largest absolute Gasteiger partial charge is 0.118 e. The number of hydrogen-bond donors (Lipinski definition) is 0. The molecule has 0 amide bonds. The van der Waals surface area contributed by atoms with E-state index in [4.69, 9.17) is 11.6 Å². The van der Waals surface area contributed by atoms with Crippen molar-refractivity contribution in [3.8, 4) is 0 Å². The van der Waals surface area contributed by atoms with Crippen LogP contribution in [0.25, 0.3) is 0 Å². The SMILES string of the molecule is ClC(CC1CCCC1)c1cc(Br)ccc1Br. The fourth-order valence-corrected chi connectivity index (χ4v) is 3.89. The molecule has 0 saturated heterocycles. The smallest absolute Gasteiger partial charge is 0.0599 e. The number of alkyl halides is 1. The second-order valence-electron chi connectivity index (χ2n) is 4.52. The van der Waals surface area contributed by atoms with E-state index in [2.05, 4.69) is 44.0 Å². The zero-order valence-electron chi connectivity index (χ0n) is 9.06. The molecule has 1 fully saturated rings. The first-order valence-electron chi connectivity index (χ1n) is 5.76. The van der Waals surface area contributed by atoms with E-state index in [1.54, 1.807) is 0 Å². The normalized spacial score (nSPS) is 18.9. The Kier molecular flexibility index (Phi) is 4.75. The molecule has 1 aliphatic rings. The van der Waals surface area contributed by atoms with Crippen molar-refractivity contribution in [2.45, 2.75) is 37.5 Å². The monoisotopic (exact) mass is 364 g/mol. The molecular weight excluding hydrogens is 351 g/mol. The summed E-state index contributed by atoms with van der Waals surface area (Å²) in [5.74, 6) is 0.827. The number of benzene rings is 1. The van der Waals surface area contributed by atoms with Crippen LogP contribution in [0.2, 0.25) is 0 Å². The molecule has 1 aromatic carbocycles. The van der Waals surface area contributed by atoms with Crippen LogP contribution < -0.4 is 0 Å². The van der Waals surface area contributed by atoms with Gasteiger partial charge < -0.3 is 0 Å². The summed E-state index contributed by atoms with van der Waals surface area (Å²) in [4.78, 5) is 0. The van der Waals surface area contributed by atoms with E-state index in [0.717, 1.165) is 21.3 Å². The molecule has 0 spiro atoms. The lowest BCUT2D eigenvalue weighted by molar-refractivity contribution is 0.495. The van der Waals surface area contributed by atoms with Crippen LogP contribution in [0.5, 0.6) is 0 Å². The Morgan fingerprint density at radius 2 is 1.94 bits per heavy atom. The third kappa shape index (κ3) is 3.24.